The first-order valence-corrected chi connectivity index (χ1v) is 12.6. The first kappa shape index (κ1) is 23.4. The van der Waals surface area contributed by atoms with Gasteiger partial charge >= 0.3 is 0 Å². The van der Waals surface area contributed by atoms with Crippen molar-refractivity contribution in [2.45, 2.75) is 4.90 Å². The number of hydrogen-bond donors (Lipinski definition) is 1. The molecule has 3 aromatic carbocycles. The molecule has 0 spiro atoms. The Labute approximate surface area is 205 Å². The van der Waals surface area contributed by atoms with Crippen molar-refractivity contribution in [2.75, 3.05) is 23.8 Å². The number of carbonyl (C=O) groups is 1. The topological polar surface area (TPSA) is 75.7 Å². The third kappa shape index (κ3) is 4.79. The number of anilines is 2. The van der Waals surface area contributed by atoms with Crippen LogP contribution >= 0.6 is 34.5 Å². The molecule has 0 saturated carbocycles. The highest BCUT2D eigenvalue weighted by Crippen LogP contribution is 2.33. The highest BCUT2D eigenvalue weighted by molar-refractivity contribution is 7.92. The van der Waals surface area contributed by atoms with Crippen molar-refractivity contribution in [2.24, 2.45) is 0 Å². The van der Waals surface area contributed by atoms with Crippen LogP contribution < -0.4 is 14.4 Å². The molecule has 10 heteroatoms. The smallest absolute Gasteiger partial charge is 0.265 e. The van der Waals surface area contributed by atoms with Gasteiger partial charge in [-0.2, -0.15) is 0 Å². The maximum atomic E-state index is 13.1. The minimum atomic E-state index is -3.86. The van der Waals surface area contributed by atoms with E-state index in [1.807, 2.05) is 0 Å². The maximum Gasteiger partial charge on any atom is 0.265 e. The lowest BCUT2D eigenvalue weighted by Gasteiger charge is -2.20. The van der Waals surface area contributed by atoms with Crippen LogP contribution in [0.4, 0.5) is 11.4 Å². The number of nitrogens with zero attached hydrogens (tertiary/aromatic N) is 1. The Morgan fingerprint density at radius 1 is 1.03 bits per heavy atom. The predicted octanol–water partition coefficient (Wildman–Crippen LogP) is 6.29. The molecule has 0 aliphatic carbocycles. The number of methoxy groups -OCH3 is 1. The lowest BCUT2D eigenvalue weighted by Crippen LogP contribution is -2.26. The molecule has 0 aliphatic rings. The second-order valence-corrected chi connectivity index (χ2v) is 11.0. The monoisotopic (exact) mass is 520 g/mol. The molecule has 0 saturated heterocycles. The van der Waals surface area contributed by atoms with Crippen molar-refractivity contribution in [3.05, 3.63) is 81.7 Å². The fourth-order valence-corrected chi connectivity index (χ4v) is 5.87. The summed E-state index contributed by atoms with van der Waals surface area (Å²) in [5.41, 5.74) is 1.05. The van der Waals surface area contributed by atoms with Gasteiger partial charge < -0.3 is 10.1 Å². The van der Waals surface area contributed by atoms with Gasteiger partial charge in [0.2, 0.25) is 0 Å². The summed E-state index contributed by atoms with van der Waals surface area (Å²) in [5, 5.41) is 4.30. The molecule has 0 atom stereocenters. The van der Waals surface area contributed by atoms with Crippen molar-refractivity contribution in [1.82, 2.24) is 0 Å². The van der Waals surface area contributed by atoms with E-state index in [-0.39, 0.29) is 15.8 Å². The molecular weight excluding hydrogens is 503 g/mol. The van der Waals surface area contributed by atoms with E-state index in [0.29, 0.717) is 27.0 Å². The van der Waals surface area contributed by atoms with Crippen LogP contribution in [0, 0.1) is 0 Å². The number of amides is 1. The van der Waals surface area contributed by atoms with Gasteiger partial charge in [-0.15, -0.1) is 11.3 Å². The van der Waals surface area contributed by atoms with Gasteiger partial charge in [-0.25, -0.2) is 8.42 Å². The van der Waals surface area contributed by atoms with Gasteiger partial charge in [0.1, 0.15) is 5.75 Å². The summed E-state index contributed by atoms with van der Waals surface area (Å²) >= 11 is 13.4. The lowest BCUT2D eigenvalue weighted by atomic mass is 10.2. The number of nitrogens with one attached hydrogen (secondary N) is 1. The van der Waals surface area contributed by atoms with Gasteiger partial charge in [-0.3, -0.25) is 9.10 Å². The molecule has 4 aromatic rings. The number of hydrogen-bond acceptors (Lipinski definition) is 5. The summed E-state index contributed by atoms with van der Waals surface area (Å²) in [5.74, 6) is 0.121. The number of benzene rings is 3. The Hall–Kier alpha value is -2.78. The highest BCUT2D eigenvalue weighted by Gasteiger charge is 2.23. The zero-order valence-electron chi connectivity index (χ0n) is 17.5. The third-order valence-corrected chi connectivity index (χ3v) is 8.38. The van der Waals surface area contributed by atoms with E-state index in [9.17, 15) is 13.2 Å². The van der Waals surface area contributed by atoms with Gasteiger partial charge in [-0.1, -0.05) is 29.3 Å². The third-order valence-electron chi connectivity index (χ3n) is 4.95. The Kier molecular flexibility index (Phi) is 6.54. The summed E-state index contributed by atoms with van der Waals surface area (Å²) in [6.07, 6.45) is 0. The molecule has 0 fully saturated rings. The first-order chi connectivity index (χ1) is 15.7. The molecule has 0 aliphatic heterocycles. The summed E-state index contributed by atoms with van der Waals surface area (Å²) < 4.78 is 33.4. The minimum absolute atomic E-state index is 0.0443. The van der Waals surface area contributed by atoms with E-state index < -0.39 is 10.0 Å². The number of sulfonamides is 1. The molecule has 0 radical (unpaired) electrons. The van der Waals surface area contributed by atoms with Crippen molar-refractivity contribution in [3.8, 4) is 5.75 Å². The van der Waals surface area contributed by atoms with E-state index in [4.69, 9.17) is 27.9 Å². The summed E-state index contributed by atoms with van der Waals surface area (Å²) in [6, 6.07) is 18.1. The van der Waals surface area contributed by atoms with Crippen LogP contribution in [-0.2, 0) is 10.0 Å². The Morgan fingerprint density at radius 2 is 1.82 bits per heavy atom. The van der Waals surface area contributed by atoms with Crippen LogP contribution in [0.3, 0.4) is 0 Å². The molecule has 6 nitrogen and oxygen atoms in total. The molecule has 170 valence electrons. The van der Waals surface area contributed by atoms with Gasteiger partial charge in [0, 0.05) is 22.5 Å². The van der Waals surface area contributed by atoms with Crippen LogP contribution in [0.1, 0.15) is 9.67 Å². The average Bonchev–Trinajstić information content (AvgIpc) is 3.22. The number of halogens is 2. The van der Waals surface area contributed by atoms with E-state index >= 15 is 0 Å². The van der Waals surface area contributed by atoms with Crippen molar-refractivity contribution in [1.29, 1.82) is 0 Å². The summed E-state index contributed by atoms with van der Waals surface area (Å²) in [6.45, 7) is 0. The number of fused-ring (bicyclic) bond motifs is 1. The molecule has 4 rings (SSSR count). The molecule has 0 unspecified atom stereocenters. The first-order valence-electron chi connectivity index (χ1n) is 9.62. The molecule has 1 amide bonds. The number of ether oxygens (including phenoxy) is 1. The number of carbonyl (C=O) groups excluding carboxylic acids is 1. The second-order valence-electron chi connectivity index (χ2n) is 7.07. The molecule has 1 N–H and O–H groups in total. The predicted molar refractivity (Wildman–Crippen MR) is 135 cm³/mol. The van der Waals surface area contributed by atoms with Crippen LogP contribution in [0.5, 0.6) is 5.75 Å². The average molecular weight is 521 g/mol. The van der Waals surface area contributed by atoms with Gasteiger partial charge in [0.05, 0.1) is 27.6 Å². The number of rotatable bonds is 6. The van der Waals surface area contributed by atoms with Gasteiger partial charge in [0.15, 0.2) is 0 Å². The van der Waals surface area contributed by atoms with Gasteiger partial charge in [0.25, 0.3) is 15.9 Å². The van der Waals surface area contributed by atoms with Crippen molar-refractivity contribution in [3.63, 3.8) is 0 Å². The molecule has 33 heavy (non-hydrogen) atoms. The van der Waals surface area contributed by atoms with E-state index in [0.717, 1.165) is 10.1 Å². The quantitative estimate of drug-likeness (QED) is 0.324. The SMILES string of the molecule is COc1ccc(S(=O)(=O)N(C)c2ccc3sc(C(=O)Nc4cccc(Cl)c4)cc3c2)cc1Cl. The van der Waals surface area contributed by atoms with Crippen LogP contribution in [0.15, 0.2) is 71.6 Å². The fraction of sp³-hybridized carbons (Fsp3) is 0.0870. The Balaban J connectivity index is 1.61. The highest BCUT2D eigenvalue weighted by atomic mass is 35.5. The standard InChI is InChI=1S/C23H18Cl2N2O4S2/c1-27(33(29,30)18-7-8-20(31-2)19(25)13-18)17-6-9-21-14(10-17)11-22(32-21)23(28)26-16-5-3-4-15(24)12-16/h3-13H,1-2H3,(H,26,28). The Bertz CT molecular complexity index is 1470. The lowest BCUT2D eigenvalue weighted by molar-refractivity contribution is 0.103. The normalized spacial score (nSPS) is 11.4. The molecule has 1 aromatic heterocycles. The van der Waals surface area contributed by atoms with Gasteiger partial charge in [-0.05, 0) is 66.0 Å². The second kappa shape index (κ2) is 9.23. The van der Waals surface area contributed by atoms with Crippen molar-refractivity contribution >= 4 is 71.9 Å². The summed E-state index contributed by atoms with van der Waals surface area (Å²) in [4.78, 5) is 13.2. The molecular formula is C23H18Cl2N2O4S2. The van der Waals surface area contributed by atoms with Crippen LogP contribution in [-0.4, -0.2) is 28.5 Å². The zero-order valence-corrected chi connectivity index (χ0v) is 20.6. The molecule has 0 bridgehead atoms. The zero-order chi connectivity index (χ0) is 23.8. The largest absolute Gasteiger partial charge is 0.495 e. The van der Waals surface area contributed by atoms with Crippen molar-refractivity contribution < 1.29 is 17.9 Å². The van der Waals surface area contributed by atoms with E-state index in [1.165, 1.54) is 48.0 Å². The number of thiophene rings is 1. The maximum absolute atomic E-state index is 13.1. The summed E-state index contributed by atoms with van der Waals surface area (Å²) in [7, 11) is -0.932. The Morgan fingerprint density at radius 3 is 2.52 bits per heavy atom. The fourth-order valence-electron chi connectivity index (χ4n) is 3.20. The van der Waals surface area contributed by atoms with E-state index in [2.05, 4.69) is 5.32 Å². The minimum Gasteiger partial charge on any atom is -0.495 e. The van der Waals surface area contributed by atoms with Crippen LogP contribution in [0.25, 0.3) is 10.1 Å². The molecule has 1 heterocycles. The van der Waals surface area contributed by atoms with E-state index in [1.54, 1.807) is 48.5 Å². The van der Waals surface area contributed by atoms with Crippen LogP contribution in [0.2, 0.25) is 10.0 Å².